The van der Waals surface area contributed by atoms with E-state index in [1.807, 2.05) is 66.7 Å². The quantitative estimate of drug-likeness (QED) is 0.377. The second kappa shape index (κ2) is 10.2. The van der Waals surface area contributed by atoms with Crippen molar-refractivity contribution < 1.29 is 4.79 Å². The summed E-state index contributed by atoms with van der Waals surface area (Å²) in [6, 6.07) is 27.5. The number of benzene rings is 3. The highest BCUT2D eigenvalue weighted by Gasteiger charge is 2.20. The van der Waals surface area contributed by atoms with Gasteiger partial charge < -0.3 is 9.88 Å². The lowest BCUT2D eigenvalue weighted by Crippen LogP contribution is -2.43. The smallest absolute Gasteiger partial charge is 0.323 e. The average Bonchev–Trinajstić information content (AvgIpc) is 3.34. The molecule has 0 radical (unpaired) electrons. The molecule has 5 aromatic rings. The van der Waals surface area contributed by atoms with Crippen LogP contribution < -0.4 is 16.6 Å². The molecule has 0 saturated carbocycles. The van der Waals surface area contributed by atoms with Crippen LogP contribution in [0.15, 0.2) is 101 Å². The van der Waals surface area contributed by atoms with Crippen LogP contribution in [0.3, 0.4) is 0 Å². The fraction of sp³-hybridized carbons (Fsp3) is 0.107. The summed E-state index contributed by atoms with van der Waals surface area (Å²) < 4.78 is 4.01. The zero-order valence-corrected chi connectivity index (χ0v) is 19.7. The van der Waals surface area contributed by atoms with E-state index in [1.165, 1.54) is 10.9 Å². The molecule has 0 bridgehead atoms. The first-order valence-electron chi connectivity index (χ1n) is 11.6. The molecule has 9 nitrogen and oxygen atoms in total. The van der Waals surface area contributed by atoms with Gasteiger partial charge in [-0.05, 0) is 23.3 Å². The van der Waals surface area contributed by atoms with Crippen LogP contribution in [0, 0.1) is 11.3 Å². The maximum absolute atomic E-state index is 13.6. The first-order chi connectivity index (χ1) is 18.0. The molecule has 37 heavy (non-hydrogen) atoms. The third kappa shape index (κ3) is 4.81. The molecule has 1 amide bonds. The van der Waals surface area contributed by atoms with Gasteiger partial charge in [-0.15, -0.1) is 0 Å². The Morgan fingerprint density at radius 2 is 1.46 bits per heavy atom. The molecule has 0 saturated heterocycles. The molecule has 0 fully saturated rings. The molecule has 0 aliphatic rings. The first-order valence-corrected chi connectivity index (χ1v) is 11.6. The van der Waals surface area contributed by atoms with Crippen molar-refractivity contribution >= 4 is 22.8 Å². The van der Waals surface area contributed by atoms with Crippen molar-refractivity contribution in [3.05, 3.63) is 129 Å². The summed E-state index contributed by atoms with van der Waals surface area (Å²) in [6.07, 6.45) is 1.54. The summed E-state index contributed by atoms with van der Waals surface area (Å²) in [5, 5.41) is 12.0. The van der Waals surface area contributed by atoms with E-state index in [2.05, 4.69) is 10.3 Å². The third-order valence-corrected chi connectivity index (χ3v) is 5.99. The minimum absolute atomic E-state index is 0.178. The number of nitrogens with zero attached hydrogens (tertiary/aromatic N) is 5. The Balaban J connectivity index is 1.60. The average molecular weight is 491 g/mol. The number of amides is 1. The molecule has 0 atom stereocenters. The van der Waals surface area contributed by atoms with Gasteiger partial charge >= 0.3 is 5.69 Å². The van der Waals surface area contributed by atoms with Crippen LogP contribution in [0.1, 0.15) is 16.7 Å². The normalized spacial score (nSPS) is 10.8. The number of anilines is 1. The standard InChI is InChI=1S/C28H22N6O3/c29-15-22-13-7-8-14-23(22)31-24(35)18-34-27(36)25-26(30-19-32(25)16-20-9-3-1-4-10-20)33(28(34)37)17-21-11-5-2-6-12-21/h1-14,19H,16-18H2,(H,31,35). The van der Waals surface area contributed by atoms with Gasteiger partial charge in [0.1, 0.15) is 12.6 Å². The van der Waals surface area contributed by atoms with Crippen molar-refractivity contribution in [2.75, 3.05) is 5.32 Å². The summed E-state index contributed by atoms with van der Waals surface area (Å²) in [5.41, 5.74) is 1.62. The SMILES string of the molecule is N#Cc1ccccc1NC(=O)Cn1c(=O)c2c(ncn2Cc2ccccc2)n(Cc2ccccc2)c1=O. The molecule has 0 spiro atoms. The van der Waals surface area contributed by atoms with Gasteiger partial charge in [-0.3, -0.25) is 14.2 Å². The predicted octanol–water partition coefficient (Wildman–Crippen LogP) is 2.97. The van der Waals surface area contributed by atoms with Gasteiger partial charge in [0.2, 0.25) is 5.91 Å². The largest absolute Gasteiger partial charge is 0.333 e. The highest BCUT2D eigenvalue weighted by Crippen LogP contribution is 2.14. The third-order valence-electron chi connectivity index (χ3n) is 5.99. The van der Waals surface area contributed by atoms with E-state index in [-0.39, 0.29) is 23.3 Å². The van der Waals surface area contributed by atoms with Crippen molar-refractivity contribution in [2.24, 2.45) is 0 Å². The number of nitrogens with one attached hydrogen (secondary N) is 1. The lowest BCUT2D eigenvalue weighted by atomic mass is 10.2. The minimum atomic E-state index is -0.643. The van der Waals surface area contributed by atoms with Gasteiger partial charge in [0, 0.05) is 6.54 Å². The van der Waals surface area contributed by atoms with E-state index < -0.39 is 23.7 Å². The number of carbonyl (C=O) groups excluding carboxylic acids is 1. The van der Waals surface area contributed by atoms with Crippen LogP contribution in [0.5, 0.6) is 0 Å². The fourth-order valence-corrected chi connectivity index (χ4v) is 4.21. The predicted molar refractivity (Wildman–Crippen MR) is 139 cm³/mol. The number of hydrogen-bond donors (Lipinski definition) is 1. The molecule has 0 aliphatic carbocycles. The number of para-hydroxylation sites is 1. The van der Waals surface area contributed by atoms with Crippen molar-refractivity contribution in [3.63, 3.8) is 0 Å². The second-order valence-corrected chi connectivity index (χ2v) is 8.48. The fourth-order valence-electron chi connectivity index (χ4n) is 4.21. The van der Waals surface area contributed by atoms with Crippen LogP contribution in [-0.2, 0) is 24.4 Å². The zero-order chi connectivity index (χ0) is 25.8. The Morgan fingerprint density at radius 3 is 2.14 bits per heavy atom. The maximum Gasteiger partial charge on any atom is 0.333 e. The monoisotopic (exact) mass is 490 g/mol. The molecule has 9 heteroatoms. The molecule has 1 N–H and O–H groups in total. The van der Waals surface area contributed by atoms with Gasteiger partial charge in [0.15, 0.2) is 11.2 Å². The van der Waals surface area contributed by atoms with Gasteiger partial charge in [0.05, 0.1) is 24.1 Å². The number of rotatable bonds is 7. The van der Waals surface area contributed by atoms with Crippen molar-refractivity contribution in [1.82, 2.24) is 18.7 Å². The molecule has 2 aromatic heterocycles. The zero-order valence-electron chi connectivity index (χ0n) is 19.7. The number of imidazole rings is 1. The van der Waals surface area contributed by atoms with Gasteiger partial charge in [-0.1, -0.05) is 72.8 Å². The Kier molecular flexibility index (Phi) is 6.46. The molecule has 2 heterocycles. The van der Waals surface area contributed by atoms with Crippen LogP contribution in [0.25, 0.3) is 11.2 Å². The summed E-state index contributed by atoms with van der Waals surface area (Å²) in [7, 11) is 0. The number of nitriles is 1. The minimum Gasteiger partial charge on any atom is -0.323 e. The number of aromatic nitrogens is 4. The Morgan fingerprint density at radius 1 is 0.838 bits per heavy atom. The molecule has 182 valence electrons. The van der Waals surface area contributed by atoms with E-state index in [9.17, 15) is 19.6 Å². The van der Waals surface area contributed by atoms with Crippen molar-refractivity contribution in [1.29, 1.82) is 5.26 Å². The molecule has 0 aliphatic heterocycles. The summed E-state index contributed by atoms with van der Waals surface area (Å²) in [5.74, 6) is -0.596. The summed E-state index contributed by atoms with van der Waals surface area (Å²) >= 11 is 0. The highest BCUT2D eigenvalue weighted by atomic mass is 16.2. The number of fused-ring (bicyclic) bond motifs is 1. The summed E-state index contributed by atoms with van der Waals surface area (Å²) in [4.78, 5) is 44.5. The summed E-state index contributed by atoms with van der Waals surface area (Å²) in [6.45, 7) is 0.0359. The topological polar surface area (TPSA) is 115 Å². The van der Waals surface area contributed by atoms with Crippen LogP contribution in [0.4, 0.5) is 5.69 Å². The van der Waals surface area contributed by atoms with Gasteiger partial charge in [-0.2, -0.15) is 5.26 Å². The van der Waals surface area contributed by atoms with Crippen LogP contribution >= 0.6 is 0 Å². The lowest BCUT2D eigenvalue weighted by molar-refractivity contribution is -0.116. The molecule has 0 unspecified atom stereocenters. The second-order valence-electron chi connectivity index (χ2n) is 8.48. The van der Waals surface area contributed by atoms with E-state index in [0.717, 1.165) is 15.7 Å². The van der Waals surface area contributed by atoms with Gasteiger partial charge in [0.25, 0.3) is 5.56 Å². The molecule has 3 aromatic carbocycles. The molecular weight excluding hydrogens is 468 g/mol. The molecule has 5 rings (SSSR count). The highest BCUT2D eigenvalue weighted by molar-refractivity contribution is 5.92. The van der Waals surface area contributed by atoms with Crippen LogP contribution in [-0.4, -0.2) is 24.6 Å². The first kappa shape index (κ1) is 23.5. The number of carbonyl (C=O) groups is 1. The van der Waals surface area contributed by atoms with E-state index in [0.29, 0.717) is 12.2 Å². The van der Waals surface area contributed by atoms with E-state index >= 15 is 0 Å². The van der Waals surface area contributed by atoms with Crippen molar-refractivity contribution in [3.8, 4) is 6.07 Å². The van der Waals surface area contributed by atoms with E-state index in [1.54, 1.807) is 28.8 Å². The van der Waals surface area contributed by atoms with Crippen LogP contribution in [0.2, 0.25) is 0 Å². The Bertz CT molecular complexity index is 1740. The lowest BCUT2D eigenvalue weighted by Gasteiger charge is -2.13. The van der Waals surface area contributed by atoms with E-state index in [4.69, 9.17) is 0 Å². The maximum atomic E-state index is 13.6. The molecular formula is C28H22N6O3. The Labute approximate surface area is 211 Å². The Hall–Kier alpha value is -5.23. The van der Waals surface area contributed by atoms with Gasteiger partial charge in [-0.25, -0.2) is 14.3 Å². The van der Waals surface area contributed by atoms with Crippen molar-refractivity contribution in [2.45, 2.75) is 19.6 Å². The number of hydrogen-bond acceptors (Lipinski definition) is 5.